The Balaban J connectivity index is 1.56. The highest BCUT2D eigenvalue weighted by molar-refractivity contribution is 8.14. The first-order valence-electron chi connectivity index (χ1n) is 10.8. The summed E-state index contributed by atoms with van der Waals surface area (Å²) in [5.74, 6) is 1.06. The van der Waals surface area contributed by atoms with Crippen molar-refractivity contribution in [1.82, 2.24) is 9.80 Å². The third-order valence-corrected chi connectivity index (χ3v) is 7.55. The molecule has 9 heteroatoms. The quantitative estimate of drug-likeness (QED) is 0.675. The molecule has 3 heterocycles. The van der Waals surface area contributed by atoms with E-state index in [1.54, 1.807) is 23.9 Å². The molecule has 2 fully saturated rings. The molecule has 3 unspecified atom stereocenters. The number of alkyl halides is 3. The van der Waals surface area contributed by atoms with Gasteiger partial charge in [0.25, 0.3) is 0 Å². The maximum absolute atomic E-state index is 13.2. The highest BCUT2D eigenvalue weighted by Gasteiger charge is 2.37. The number of benzene rings is 1. The zero-order valence-electron chi connectivity index (χ0n) is 17.6. The van der Waals surface area contributed by atoms with Crippen molar-refractivity contribution in [2.75, 3.05) is 45.1 Å². The van der Waals surface area contributed by atoms with Gasteiger partial charge in [-0.05, 0) is 30.5 Å². The SMILES string of the molecule is CCC1CSC(C2CC(c3ccc(C(F)(F)F)cc3)CN(C(=O)N3CCOCC3)C2)=N1. The van der Waals surface area contributed by atoms with Gasteiger partial charge in [-0.2, -0.15) is 13.2 Å². The summed E-state index contributed by atoms with van der Waals surface area (Å²) in [6, 6.07) is 5.71. The van der Waals surface area contributed by atoms with Crippen LogP contribution in [-0.4, -0.2) is 72.1 Å². The average molecular weight is 456 g/mol. The van der Waals surface area contributed by atoms with Crippen molar-refractivity contribution < 1.29 is 22.7 Å². The third-order valence-electron chi connectivity index (χ3n) is 6.27. The number of rotatable bonds is 3. The molecule has 5 nitrogen and oxygen atoms in total. The molecular weight excluding hydrogens is 427 g/mol. The van der Waals surface area contributed by atoms with Gasteiger partial charge in [0.1, 0.15) is 0 Å². The number of nitrogens with zero attached hydrogens (tertiary/aromatic N) is 3. The van der Waals surface area contributed by atoms with Crippen LogP contribution in [0, 0.1) is 5.92 Å². The van der Waals surface area contributed by atoms with Crippen molar-refractivity contribution in [2.45, 2.75) is 37.9 Å². The Bertz CT molecular complexity index is 809. The van der Waals surface area contributed by atoms with E-state index >= 15 is 0 Å². The van der Waals surface area contributed by atoms with Crippen LogP contribution in [0.1, 0.15) is 36.8 Å². The van der Waals surface area contributed by atoms with Crippen LogP contribution in [0.5, 0.6) is 0 Å². The van der Waals surface area contributed by atoms with Gasteiger partial charge in [-0.1, -0.05) is 19.1 Å². The molecule has 0 aliphatic carbocycles. The fraction of sp³-hybridized carbons (Fsp3) is 0.636. The highest BCUT2D eigenvalue weighted by atomic mass is 32.2. The molecule has 0 N–H and O–H groups in total. The smallest absolute Gasteiger partial charge is 0.378 e. The summed E-state index contributed by atoms with van der Waals surface area (Å²) in [6.07, 6.45) is -2.57. The first kappa shape index (κ1) is 22.5. The van der Waals surface area contributed by atoms with Gasteiger partial charge in [0.15, 0.2) is 0 Å². The second kappa shape index (κ2) is 9.40. The third kappa shape index (κ3) is 5.19. The Morgan fingerprint density at radius 3 is 2.42 bits per heavy atom. The molecule has 1 aromatic carbocycles. The lowest BCUT2D eigenvalue weighted by Crippen LogP contribution is -2.53. The van der Waals surface area contributed by atoms with E-state index in [0.717, 1.165) is 41.3 Å². The Morgan fingerprint density at radius 1 is 1.13 bits per heavy atom. The number of halogens is 3. The van der Waals surface area contributed by atoms with Crippen molar-refractivity contribution in [3.05, 3.63) is 35.4 Å². The standard InChI is InChI=1S/C22H28F3N3O2S/c1-2-19-14-31-20(26-19)17-11-16(15-3-5-18(6-4-15)22(23,24)25)12-28(13-17)21(29)27-7-9-30-10-8-27/h3-6,16-17,19H,2,7-14H2,1H3. The van der Waals surface area contributed by atoms with Crippen LogP contribution in [0.15, 0.2) is 29.3 Å². The number of hydrogen-bond acceptors (Lipinski definition) is 4. The summed E-state index contributed by atoms with van der Waals surface area (Å²) in [5, 5.41) is 1.09. The van der Waals surface area contributed by atoms with Crippen molar-refractivity contribution in [3.63, 3.8) is 0 Å². The second-order valence-corrected chi connectivity index (χ2v) is 9.42. The lowest BCUT2D eigenvalue weighted by atomic mass is 9.84. The predicted molar refractivity (Wildman–Crippen MR) is 116 cm³/mol. The minimum absolute atomic E-state index is 0.0134. The van der Waals surface area contributed by atoms with E-state index < -0.39 is 11.7 Å². The molecule has 3 aliphatic heterocycles. The van der Waals surface area contributed by atoms with E-state index in [2.05, 4.69) is 6.92 Å². The summed E-state index contributed by atoms with van der Waals surface area (Å²) >= 11 is 1.76. The van der Waals surface area contributed by atoms with Gasteiger partial charge in [-0.25, -0.2) is 4.79 Å². The zero-order chi connectivity index (χ0) is 22.0. The number of thioether (sulfide) groups is 1. The first-order chi connectivity index (χ1) is 14.8. The molecule has 1 aromatic rings. The average Bonchev–Trinajstić information content (AvgIpc) is 3.28. The number of amides is 2. The van der Waals surface area contributed by atoms with Gasteiger partial charge in [-0.3, -0.25) is 4.99 Å². The molecule has 0 saturated carbocycles. The van der Waals surface area contributed by atoms with E-state index in [9.17, 15) is 18.0 Å². The second-order valence-electron chi connectivity index (χ2n) is 8.38. The summed E-state index contributed by atoms with van der Waals surface area (Å²) in [6.45, 7) is 5.44. The Kier molecular flexibility index (Phi) is 6.81. The van der Waals surface area contributed by atoms with Crippen LogP contribution >= 0.6 is 11.8 Å². The van der Waals surface area contributed by atoms with Gasteiger partial charge in [0, 0.05) is 43.8 Å². The number of likely N-dealkylation sites (tertiary alicyclic amines) is 1. The van der Waals surface area contributed by atoms with Gasteiger partial charge in [0.2, 0.25) is 0 Å². The van der Waals surface area contributed by atoms with E-state index in [4.69, 9.17) is 9.73 Å². The number of morpholine rings is 1. The molecule has 2 saturated heterocycles. The number of urea groups is 1. The minimum atomic E-state index is -4.35. The lowest BCUT2D eigenvalue weighted by molar-refractivity contribution is -0.137. The van der Waals surface area contributed by atoms with Crippen LogP contribution in [0.25, 0.3) is 0 Å². The van der Waals surface area contributed by atoms with Crippen LogP contribution < -0.4 is 0 Å². The summed E-state index contributed by atoms with van der Waals surface area (Å²) in [4.78, 5) is 21.7. The minimum Gasteiger partial charge on any atom is -0.378 e. The Hall–Kier alpha value is -1.74. The number of ether oxygens (including phenoxy) is 1. The van der Waals surface area contributed by atoms with E-state index in [1.165, 1.54) is 0 Å². The topological polar surface area (TPSA) is 45.1 Å². The normalized spacial score (nSPS) is 27.4. The molecule has 3 atom stereocenters. The number of carbonyl (C=O) groups excluding carboxylic acids is 1. The van der Waals surface area contributed by atoms with Crippen LogP contribution in [0.2, 0.25) is 0 Å². The molecule has 0 spiro atoms. The van der Waals surface area contributed by atoms with Gasteiger partial charge in [0.05, 0.1) is 29.9 Å². The van der Waals surface area contributed by atoms with E-state index in [1.807, 2.05) is 9.80 Å². The van der Waals surface area contributed by atoms with Gasteiger partial charge >= 0.3 is 12.2 Å². The number of piperidine rings is 1. The number of hydrogen-bond donors (Lipinski definition) is 0. The van der Waals surface area contributed by atoms with Crippen LogP contribution in [0.4, 0.5) is 18.0 Å². The Morgan fingerprint density at radius 2 is 1.81 bits per heavy atom. The molecule has 170 valence electrons. The zero-order valence-corrected chi connectivity index (χ0v) is 18.4. The van der Waals surface area contributed by atoms with Crippen molar-refractivity contribution >= 4 is 22.8 Å². The molecular formula is C22H28F3N3O2S. The Labute approximate surface area is 185 Å². The molecule has 0 radical (unpaired) electrons. The number of carbonyl (C=O) groups is 1. The highest BCUT2D eigenvalue weighted by Crippen LogP contribution is 2.37. The molecule has 0 aromatic heterocycles. The largest absolute Gasteiger partial charge is 0.416 e. The van der Waals surface area contributed by atoms with Crippen LogP contribution in [0.3, 0.4) is 0 Å². The molecule has 3 aliphatic rings. The van der Waals surface area contributed by atoms with E-state index in [0.29, 0.717) is 45.4 Å². The molecule has 2 amide bonds. The fourth-order valence-corrected chi connectivity index (χ4v) is 5.75. The van der Waals surface area contributed by atoms with Gasteiger partial charge < -0.3 is 14.5 Å². The molecule has 0 bridgehead atoms. The summed E-state index contributed by atoms with van der Waals surface area (Å²) in [5.41, 5.74) is 0.194. The predicted octanol–water partition coefficient (Wildman–Crippen LogP) is 4.49. The van der Waals surface area contributed by atoms with Crippen molar-refractivity contribution in [1.29, 1.82) is 0 Å². The van der Waals surface area contributed by atoms with Crippen molar-refractivity contribution in [2.24, 2.45) is 10.9 Å². The summed E-state index contributed by atoms with van der Waals surface area (Å²) < 4.78 is 44.3. The van der Waals surface area contributed by atoms with Crippen LogP contribution in [-0.2, 0) is 10.9 Å². The molecule has 4 rings (SSSR count). The number of aliphatic imine (C=N–C) groups is 1. The fourth-order valence-electron chi connectivity index (χ4n) is 4.44. The maximum atomic E-state index is 13.2. The molecule has 31 heavy (non-hydrogen) atoms. The lowest BCUT2D eigenvalue weighted by Gasteiger charge is -2.41. The summed E-state index contributed by atoms with van der Waals surface area (Å²) in [7, 11) is 0. The monoisotopic (exact) mass is 455 g/mol. The first-order valence-corrected chi connectivity index (χ1v) is 11.8. The van der Waals surface area contributed by atoms with Gasteiger partial charge in [-0.15, -0.1) is 11.8 Å². The van der Waals surface area contributed by atoms with E-state index in [-0.39, 0.29) is 17.9 Å². The maximum Gasteiger partial charge on any atom is 0.416 e. The van der Waals surface area contributed by atoms with Crippen molar-refractivity contribution in [3.8, 4) is 0 Å².